The molecule has 0 fully saturated rings. The fourth-order valence-corrected chi connectivity index (χ4v) is 14.4. The zero-order valence-electron chi connectivity index (χ0n) is 66.9. The van der Waals surface area contributed by atoms with Crippen LogP contribution in [0.5, 0.6) is 0 Å². The first-order valence-corrected chi connectivity index (χ1v) is 46.0. The molecule has 0 saturated heterocycles. The van der Waals surface area contributed by atoms with Gasteiger partial charge in [0.25, 0.3) is 0 Å². The van der Waals surface area contributed by atoms with Gasteiger partial charge in [0.15, 0.2) is 12.2 Å². The van der Waals surface area contributed by atoms with Crippen LogP contribution < -0.4 is 0 Å². The first kappa shape index (κ1) is 100. The van der Waals surface area contributed by atoms with Crippen LogP contribution in [0.15, 0.2) is 0 Å². The number of aliphatic hydroxyl groups is 1. The molecule has 0 amide bonds. The average molecular weight is 1490 g/mol. The number of carbonyl (C=O) groups excluding carboxylic acids is 4. The molecule has 17 nitrogen and oxygen atoms in total. The molecule has 0 spiro atoms. The molecule has 0 rings (SSSR count). The van der Waals surface area contributed by atoms with Gasteiger partial charge in [-0.05, 0) is 37.5 Å². The van der Waals surface area contributed by atoms with E-state index in [1.807, 2.05) is 0 Å². The van der Waals surface area contributed by atoms with Gasteiger partial charge in [0, 0.05) is 25.7 Å². The largest absolute Gasteiger partial charge is 0.472 e. The first-order chi connectivity index (χ1) is 49.4. The van der Waals surface area contributed by atoms with Crippen molar-refractivity contribution in [3.63, 3.8) is 0 Å². The van der Waals surface area contributed by atoms with Gasteiger partial charge in [-0.25, -0.2) is 9.13 Å². The van der Waals surface area contributed by atoms with Crippen molar-refractivity contribution in [3.8, 4) is 0 Å². The first-order valence-electron chi connectivity index (χ1n) is 43.0. The van der Waals surface area contributed by atoms with E-state index in [1.54, 1.807) is 0 Å². The van der Waals surface area contributed by atoms with Crippen LogP contribution >= 0.6 is 15.6 Å². The van der Waals surface area contributed by atoms with Crippen molar-refractivity contribution in [2.24, 2.45) is 11.8 Å². The van der Waals surface area contributed by atoms with Crippen LogP contribution in [0.2, 0.25) is 0 Å². The fourth-order valence-electron chi connectivity index (χ4n) is 12.9. The number of esters is 4. The molecular formula is C83H162O17P2. The Hall–Kier alpha value is -1.94. The quantitative estimate of drug-likeness (QED) is 0.0222. The SMILES string of the molecule is CCCCCCCCCCCCCCCCCCCCC(=O)OC[C@H](COP(=O)(O)OC[C@@H](O)COP(=O)(O)OC[C@@H](COC(=O)CCCCCCCCC)OC(=O)CCCCCCCCCCCCCCC(C)C)OC(=O)CCCCCCCCCCCCCCCCCCCCC(C)CC. The van der Waals surface area contributed by atoms with E-state index in [9.17, 15) is 43.2 Å². The summed E-state index contributed by atoms with van der Waals surface area (Å²) in [6, 6.07) is 0. The van der Waals surface area contributed by atoms with E-state index < -0.39 is 97.5 Å². The summed E-state index contributed by atoms with van der Waals surface area (Å²) in [5, 5.41) is 10.6. The molecule has 19 heteroatoms. The zero-order valence-corrected chi connectivity index (χ0v) is 68.7. The second-order valence-corrected chi connectivity index (χ2v) is 33.5. The number of carbonyl (C=O) groups is 4. The molecule has 3 unspecified atom stereocenters. The van der Waals surface area contributed by atoms with Crippen molar-refractivity contribution in [1.29, 1.82) is 0 Å². The lowest BCUT2D eigenvalue weighted by Crippen LogP contribution is -2.30. The van der Waals surface area contributed by atoms with Gasteiger partial charge < -0.3 is 33.8 Å². The summed E-state index contributed by atoms with van der Waals surface area (Å²) in [5.41, 5.74) is 0. The number of unbranched alkanes of at least 4 members (excludes halogenated alkanes) is 51. The lowest BCUT2D eigenvalue weighted by atomic mass is 9.99. The highest BCUT2D eigenvalue weighted by Crippen LogP contribution is 2.45. The number of aliphatic hydroxyl groups excluding tert-OH is 1. The minimum Gasteiger partial charge on any atom is -0.462 e. The predicted octanol–water partition coefficient (Wildman–Crippen LogP) is 25.1. The molecule has 0 aliphatic rings. The van der Waals surface area contributed by atoms with E-state index >= 15 is 0 Å². The molecule has 0 heterocycles. The molecule has 6 atom stereocenters. The van der Waals surface area contributed by atoms with Gasteiger partial charge in [0.2, 0.25) is 0 Å². The highest BCUT2D eigenvalue weighted by molar-refractivity contribution is 7.47. The summed E-state index contributed by atoms with van der Waals surface area (Å²) in [6.07, 6.45) is 65.4. The Bertz CT molecular complexity index is 1960. The van der Waals surface area contributed by atoms with Gasteiger partial charge >= 0.3 is 39.5 Å². The molecule has 0 aromatic rings. The Balaban J connectivity index is 5.17. The molecule has 3 N–H and O–H groups in total. The number of hydrogen-bond donors (Lipinski definition) is 3. The van der Waals surface area contributed by atoms with Gasteiger partial charge in [-0.3, -0.25) is 37.3 Å². The third kappa shape index (κ3) is 74.9. The average Bonchev–Trinajstić information content (AvgIpc) is 0.913. The lowest BCUT2D eigenvalue weighted by molar-refractivity contribution is -0.161. The Kier molecular flexibility index (Phi) is 73.1. The minimum atomic E-state index is -4.96. The van der Waals surface area contributed by atoms with E-state index in [0.717, 1.165) is 115 Å². The normalized spacial score (nSPS) is 14.1. The van der Waals surface area contributed by atoms with E-state index in [-0.39, 0.29) is 25.7 Å². The van der Waals surface area contributed by atoms with Crippen molar-refractivity contribution in [1.82, 2.24) is 0 Å². The van der Waals surface area contributed by atoms with E-state index in [2.05, 4.69) is 41.5 Å². The van der Waals surface area contributed by atoms with E-state index in [1.165, 1.54) is 244 Å². The van der Waals surface area contributed by atoms with Gasteiger partial charge in [-0.2, -0.15) is 0 Å². The molecule has 0 aliphatic carbocycles. The summed E-state index contributed by atoms with van der Waals surface area (Å²) in [5.74, 6) is -0.463. The summed E-state index contributed by atoms with van der Waals surface area (Å²) >= 11 is 0. The highest BCUT2D eigenvalue weighted by atomic mass is 31.2. The number of phosphoric ester groups is 2. The fraction of sp³-hybridized carbons (Fsp3) is 0.952. The Morgan fingerprint density at radius 1 is 0.284 bits per heavy atom. The lowest BCUT2D eigenvalue weighted by Gasteiger charge is -2.21. The number of hydrogen-bond acceptors (Lipinski definition) is 15. The molecule has 0 bridgehead atoms. The van der Waals surface area contributed by atoms with Crippen molar-refractivity contribution in [2.75, 3.05) is 39.6 Å². The Morgan fingerprint density at radius 2 is 0.500 bits per heavy atom. The van der Waals surface area contributed by atoms with Crippen LogP contribution in [0, 0.1) is 11.8 Å². The van der Waals surface area contributed by atoms with Gasteiger partial charge in [0.1, 0.15) is 19.3 Å². The van der Waals surface area contributed by atoms with Gasteiger partial charge in [0.05, 0.1) is 26.4 Å². The molecule has 0 aliphatic heterocycles. The second-order valence-electron chi connectivity index (χ2n) is 30.6. The summed E-state index contributed by atoms with van der Waals surface area (Å²) < 4.78 is 68.7. The van der Waals surface area contributed by atoms with Crippen LogP contribution in [0.1, 0.15) is 440 Å². The number of phosphoric acid groups is 2. The van der Waals surface area contributed by atoms with Gasteiger partial charge in [-0.15, -0.1) is 0 Å². The summed E-state index contributed by atoms with van der Waals surface area (Å²) in [4.78, 5) is 72.9. The summed E-state index contributed by atoms with van der Waals surface area (Å²) in [7, 11) is -9.92. The smallest absolute Gasteiger partial charge is 0.462 e. The van der Waals surface area contributed by atoms with Crippen molar-refractivity contribution < 1.29 is 80.2 Å². The van der Waals surface area contributed by atoms with Crippen LogP contribution in [0.25, 0.3) is 0 Å². The standard InChI is InChI=1S/C83H162O17P2/c1-7-10-12-14-16-17-18-19-20-21-25-28-31-37-42-48-54-60-66-81(86)94-72-79(100-83(88)67-61-55-49-43-38-32-29-26-23-22-24-27-30-36-41-47-52-58-64-76(6)9-3)74-98-102(91,92)96-70-77(84)69-95-101(89,90)97-73-78(71-93-80(85)65-59-53-45-15-13-11-8-2)99-82(87)68-62-56-50-44-39-34-33-35-40-46-51-57-63-75(4)5/h75-79,84H,7-74H2,1-6H3,(H,89,90)(H,91,92)/t76?,77-,78+,79+/m0/s1. The van der Waals surface area contributed by atoms with Crippen LogP contribution in [0.4, 0.5) is 0 Å². The Morgan fingerprint density at radius 3 is 0.745 bits per heavy atom. The van der Waals surface area contributed by atoms with Crippen LogP contribution in [0.3, 0.4) is 0 Å². The maximum Gasteiger partial charge on any atom is 0.472 e. The van der Waals surface area contributed by atoms with Crippen LogP contribution in [-0.2, 0) is 65.4 Å². The van der Waals surface area contributed by atoms with E-state index in [4.69, 9.17) is 37.0 Å². The maximum atomic E-state index is 13.1. The molecule has 0 aromatic carbocycles. The molecule has 606 valence electrons. The molecule has 0 aromatic heterocycles. The molecule has 0 radical (unpaired) electrons. The molecule has 102 heavy (non-hydrogen) atoms. The molecular weight excluding hydrogens is 1330 g/mol. The van der Waals surface area contributed by atoms with Crippen molar-refractivity contribution in [2.45, 2.75) is 458 Å². The van der Waals surface area contributed by atoms with Gasteiger partial charge in [-0.1, -0.05) is 388 Å². The zero-order chi connectivity index (χ0) is 74.9. The third-order valence-electron chi connectivity index (χ3n) is 19.8. The van der Waals surface area contributed by atoms with E-state index in [0.29, 0.717) is 25.7 Å². The highest BCUT2D eigenvalue weighted by Gasteiger charge is 2.30. The predicted molar refractivity (Wildman–Crippen MR) is 418 cm³/mol. The van der Waals surface area contributed by atoms with Crippen molar-refractivity contribution in [3.05, 3.63) is 0 Å². The number of rotatable bonds is 82. The third-order valence-corrected chi connectivity index (χ3v) is 21.7. The van der Waals surface area contributed by atoms with Crippen molar-refractivity contribution >= 4 is 39.5 Å². The second kappa shape index (κ2) is 74.5. The molecule has 0 saturated carbocycles. The monoisotopic (exact) mass is 1490 g/mol. The summed E-state index contributed by atoms with van der Waals surface area (Å²) in [6.45, 7) is 9.68. The Labute approximate surface area is 626 Å². The van der Waals surface area contributed by atoms with Crippen LogP contribution in [-0.4, -0.2) is 96.7 Å². The topological polar surface area (TPSA) is 237 Å². The minimum absolute atomic E-state index is 0.107. The maximum absolute atomic E-state index is 13.1. The number of ether oxygens (including phenoxy) is 4.